The van der Waals surface area contributed by atoms with E-state index in [0.29, 0.717) is 5.82 Å². The van der Waals surface area contributed by atoms with Gasteiger partial charge in [-0.3, -0.25) is 0 Å². The predicted molar refractivity (Wildman–Crippen MR) is 45.0 cm³/mol. The van der Waals surface area contributed by atoms with Crippen LogP contribution in [0.2, 0.25) is 0 Å². The second kappa shape index (κ2) is 3.43. The van der Waals surface area contributed by atoms with Crippen LogP contribution in [0.1, 0.15) is 25.2 Å². The predicted octanol–water partition coefficient (Wildman–Crippen LogP) is 0.120. The maximum atomic E-state index is 8.99. The van der Waals surface area contributed by atoms with E-state index in [9.17, 15) is 0 Å². The third-order valence-electron chi connectivity index (χ3n) is 2.48. The lowest BCUT2D eigenvalue weighted by Crippen LogP contribution is -2.18. The van der Waals surface area contributed by atoms with Crippen LogP contribution in [0.5, 0.6) is 0 Å². The quantitative estimate of drug-likeness (QED) is 0.707. The second-order valence-electron chi connectivity index (χ2n) is 3.24. The van der Waals surface area contributed by atoms with E-state index >= 15 is 0 Å². The molecule has 0 radical (unpaired) electrons. The van der Waals surface area contributed by atoms with Crippen LogP contribution in [0.3, 0.4) is 0 Å². The van der Waals surface area contributed by atoms with Gasteiger partial charge >= 0.3 is 0 Å². The molecule has 1 aliphatic heterocycles. The Labute approximate surface area is 76.3 Å². The first-order valence-electron chi connectivity index (χ1n) is 4.43. The molecule has 2 heterocycles. The first-order chi connectivity index (χ1) is 6.33. The lowest BCUT2D eigenvalue weighted by atomic mass is 10.1. The van der Waals surface area contributed by atoms with Gasteiger partial charge in [0.05, 0.1) is 12.1 Å². The van der Waals surface area contributed by atoms with Gasteiger partial charge in [0, 0.05) is 6.61 Å². The van der Waals surface area contributed by atoms with Crippen molar-refractivity contribution in [1.29, 1.82) is 0 Å². The fourth-order valence-electron chi connectivity index (χ4n) is 1.74. The lowest BCUT2D eigenvalue weighted by molar-refractivity contribution is 0.106. The van der Waals surface area contributed by atoms with Crippen LogP contribution < -0.4 is 0 Å². The molecule has 5 heteroatoms. The van der Waals surface area contributed by atoms with E-state index in [1.54, 1.807) is 6.33 Å². The van der Waals surface area contributed by atoms with Gasteiger partial charge in [-0.2, -0.15) is 0 Å². The summed E-state index contributed by atoms with van der Waals surface area (Å²) >= 11 is 0. The maximum Gasteiger partial charge on any atom is 0.158 e. The van der Waals surface area contributed by atoms with Gasteiger partial charge in [-0.15, -0.1) is 10.2 Å². The van der Waals surface area contributed by atoms with Crippen molar-refractivity contribution in [2.24, 2.45) is 0 Å². The number of hydrogen-bond acceptors (Lipinski definition) is 4. The molecule has 0 aromatic carbocycles. The zero-order valence-corrected chi connectivity index (χ0v) is 7.55. The van der Waals surface area contributed by atoms with Crippen molar-refractivity contribution in [2.45, 2.75) is 32.1 Å². The standard InChI is InChI=1S/C8H13N3O2/c1-6-7(2-3-13-6)11-5-9-10-8(11)4-12/h5-7,12H,2-4H2,1H3. The SMILES string of the molecule is CC1OCCC1n1cnnc1CO. The number of aromatic nitrogens is 3. The van der Waals surface area contributed by atoms with Crippen molar-refractivity contribution in [2.75, 3.05) is 6.61 Å². The van der Waals surface area contributed by atoms with Crippen LogP contribution in [0.25, 0.3) is 0 Å². The molecule has 0 bridgehead atoms. The highest BCUT2D eigenvalue weighted by atomic mass is 16.5. The second-order valence-corrected chi connectivity index (χ2v) is 3.24. The molecular weight excluding hydrogens is 170 g/mol. The minimum Gasteiger partial charge on any atom is -0.388 e. The Morgan fingerprint density at radius 3 is 3.23 bits per heavy atom. The molecule has 0 amide bonds. The first kappa shape index (κ1) is 8.65. The summed E-state index contributed by atoms with van der Waals surface area (Å²) in [4.78, 5) is 0. The summed E-state index contributed by atoms with van der Waals surface area (Å²) in [6.45, 7) is 2.73. The average molecular weight is 183 g/mol. The van der Waals surface area contributed by atoms with Gasteiger partial charge in [0.25, 0.3) is 0 Å². The summed E-state index contributed by atoms with van der Waals surface area (Å²) in [5.41, 5.74) is 0. The molecule has 1 saturated heterocycles. The van der Waals surface area contributed by atoms with Crippen LogP contribution in [-0.2, 0) is 11.3 Å². The van der Waals surface area contributed by atoms with E-state index in [4.69, 9.17) is 9.84 Å². The highest BCUT2D eigenvalue weighted by molar-refractivity contribution is 4.91. The molecule has 72 valence electrons. The van der Waals surface area contributed by atoms with Gasteiger partial charge in [-0.25, -0.2) is 0 Å². The van der Waals surface area contributed by atoms with Crippen molar-refractivity contribution in [1.82, 2.24) is 14.8 Å². The van der Waals surface area contributed by atoms with E-state index in [-0.39, 0.29) is 18.8 Å². The molecular formula is C8H13N3O2. The Balaban J connectivity index is 2.23. The van der Waals surface area contributed by atoms with E-state index in [2.05, 4.69) is 10.2 Å². The first-order valence-corrected chi connectivity index (χ1v) is 4.43. The van der Waals surface area contributed by atoms with Crippen molar-refractivity contribution >= 4 is 0 Å². The van der Waals surface area contributed by atoms with Gasteiger partial charge in [-0.1, -0.05) is 0 Å². The van der Waals surface area contributed by atoms with Crippen molar-refractivity contribution < 1.29 is 9.84 Å². The number of hydrogen-bond donors (Lipinski definition) is 1. The summed E-state index contributed by atoms with van der Waals surface area (Å²) in [6, 6.07) is 0.275. The largest absolute Gasteiger partial charge is 0.388 e. The summed E-state index contributed by atoms with van der Waals surface area (Å²) < 4.78 is 7.33. The van der Waals surface area contributed by atoms with Crippen molar-refractivity contribution in [3.8, 4) is 0 Å². The van der Waals surface area contributed by atoms with Crippen molar-refractivity contribution in [3.63, 3.8) is 0 Å². The molecule has 2 rings (SSSR count). The number of aliphatic hydroxyl groups is 1. The van der Waals surface area contributed by atoms with E-state index < -0.39 is 0 Å². The minimum atomic E-state index is -0.0662. The molecule has 1 fully saturated rings. The van der Waals surface area contributed by atoms with Crippen LogP contribution >= 0.6 is 0 Å². The van der Waals surface area contributed by atoms with Gasteiger partial charge in [-0.05, 0) is 13.3 Å². The van der Waals surface area contributed by atoms with Crippen LogP contribution in [0.4, 0.5) is 0 Å². The molecule has 1 aromatic heterocycles. The molecule has 1 aromatic rings. The maximum absolute atomic E-state index is 8.99. The number of aliphatic hydroxyl groups excluding tert-OH is 1. The van der Waals surface area contributed by atoms with Gasteiger partial charge in [0.1, 0.15) is 12.9 Å². The molecule has 13 heavy (non-hydrogen) atoms. The van der Waals surface area contributed by atoms with Crippen molar-refractivity contribution in [3.05, 3.63) is 12.2 Å². The topological polar surface area (TPSA) is 60.2 Å². The van der Waals surface area contributed by atoms with E-state index in [1.165, 1.54) is 0 Å². The third kappa shape index (κ3) is 1.45. The Kier molecular flexibility index (Phi) is 2.28. The lowest BCUT2D eigenvalue weighted by Gasteiger charge is -2.16. The zero-order valence-electron chi connectivity index (χ0n) is 7.55. The number of rotatable bonds is 2. The molecule has 1 aliphatic rings. The molecule has 2 atom stereocenters. The summed E-state index contributed by atoms with van der Waals surface area (Å²) in [7, 11) is 0. The Hall–Kier alpha value is -0.940. The Morgan fingerprint density at radius 2 is 2.62 bits per heavy atom. The normalized spacial score (nSPS) is 28.2. The van der Waals surface area contributed by atoms with E-state index in [0.717, 1.165) is 13.0 Å². The molecule has 0 spiro atoms. The highest BCUT2D eigenvalue weighted by Crippen LogP contribution is 2.26. The van der Waals surface area contributed by atoms with Gasteiger partial charge < -0.3 is 14.4 Å². The fraction of sp³-hybridized carbons (Fsp3) is 0.750. The van der Waals surface area contributed by atoms with Crippen LogP contribution in [-0.4, -0.2) is 32.6 Å². The average Bonchev–Trinajstić information content (AvgIpc) is 2.71. The monoisotopic (exact) mass is 183 g/mol. The molecule has 5 nitrogen and oxygen atoms in total. The molecule has 1 N–H and O–H groups in total. The fourth-order valence-corrected chi connectivity index (χ4v) is 1.74. The van der Waals surface area contributed by atoms with Gasteiger partial charge in [0.2, 0.25) is 0 Å². The molecule has 2 unspecified atom stereocenters. The third-order valence-corrected chi connectivity index (χ3v) is 2.48. The minimum absolute atomic E-state index is 0.0662. The van der Waals surface area contributed by atoms with Crippen LogP contribution in [0, 0.1) is 0 Å². The highest BCUT2D eigenvalue weighted by Gasteiger charge is 2.27. The Morgan fingerprint density at radius 1 is 1.77 bits per heavy atom. The van der Waals surface area contributed by atoms with Gasteiger partial charge in [0.15, 0.2) is 5.82 Å². The Bertz CT molecular complexity index is 287. The molecule has 0 aliphatic carbocycles. The van der Waals surface area contributed by atoms with Crippen LogP contribution in [0.15, 0.2) is 6.33 Å². The zero-order chi connectivity index (χ0) is 9.26. The summed E-state index contributed by atoms with van der Waals surface area (Å²) in [5, 5.41) is 16.6. The smallest absolute Gasteiger partial charge is 0.158 e. The number of ether oxygens (including phenoxy) is 1. The summed E-state index contributed by atoms with van der Waals surface area (Å²) in [5.74, 6) is 0.613. The molecule has 0 saturated carbocycles. The summed E-state index contributed by atoms with van der Waals surface area (Å²) in [6.07, 6.45) is 2.80. The van der Waals surface area contributed by atoms with E-state index in [1.807, 2.05) is 11.5 Å². The number of nitrogens with zero attached hydrogens (tertiary/aromatic N) is 3.